The van der Waals surface area contributed by atoms with Crippen LogP contribution >= 0.6 is 0 Å². The molecule has 3 aliphatic carbocycles. The minimum Gasteiger partial charge on any atom is -0.468 e. The van der Waals surface area contributed by atoms with Gasteiger partial charge in [0, 0.05) is 23.7 Å². The summed E-state index contributed by atoms with van der Waals surface area (Å²) in [4.78, 5) is 37.6. The molecule has 3 fully saturated rings. The highest BCUT2D eigenvalue weighted by molar-refractivity contribution is 6.14. The molecule has 0 unspecified atom stereocenters. The Morgan fingerprint density at radius 3 is 2.68 bits per heavy atom. The molecule has 4 heteroatoms. The number of carbonyl (C=O) groups is 3. The summed E-state index contributed by atoms with van der Waals surface area (Å²) in [5, 5.41) is 0. The van der Waals surface area contributed by atoms with Crippen molar-refractivity contribution in [3.63, 3.8) is 0 Å². The molecule has 0 aromatic heterocycles. The highest BCUT2D eigenvalue weighted by Gasteiger charge is 2.81. The Bertz CT molecular complexity index is 478. The minimum atomic E-state index is -1.21. The fourth-order valence-corrected chi connectivity index (χ4v) is 4.67. The lowest BCUT2D eigenvalue weighted by Gasteiger charge is -2.39. The van der Waals surface area contributed by atoms with Crippen molar-refractivity contribution >= 4 is 17.5 Å². The first kappa shape index (κ1) is 12.6. The number of ketones is 2. The number of hydrogen-bond donors (Lipinski definition) is 0. The van der Waals surface area contributed by atoms with E-state index in [4.69, 9.17) is 4.74 Å². The van der Waals surface area contributed by atoms with E-state index < -0.39 is 22.7 Å². The van der Waals surface area contributed by atoms with Crippen LogP contribution in [-0.4, -0.2) is 24.6 Å². The van der Waals surface area contributed by atoms with Crippen LogP contribution < -0.4 is 0 Å². The van der Waals surface area contributed by atoms with Crippen LogP contribution in [0, 0.1) is 22.7 Å². The molecule has 0 aromatic carbocycles. The second kappa shape index (κ2) is 3.78. The van der Waals surface area contributed by atoms with Crippen LogP contribution in [0.5, 0.6) is 0 Å². The monoisotopic (exact) mass is 262 g/mol. The van der Waals surface area contributed by atoms with Crippen LogP contribution in [0.1, 0.15) is 32.1 Å². The van der Waals surface area contributed by atoms with Crippen LogP contribution in [0.15, 0.2) is 12.7 Å². The van der Waals surface area contributed by atoms with E-state index in [2.05, 4.69) is 6.58 Å². The van der Waals surface area contributed by atoms with E-state index in [-0.39, 0.29) is 17.5 Å². The average molecular weight is 262 g/mol. The summed E-state index contributed by atoms with van der Waals surface area (Å²) in [5.41, 5.74) is -1.64. The predicted octanol–water partition coefficient (Wildman–Crippen LogP) is 1.68. The number of hydrogen-bond acceptors (Lipinski definition) is 4. The number of allylic oxidation sites excluding steroid dienone is 1. The summed E-state index contributed by atoms with van der Waals surface area (Å²) in [6, 6.07) is 0. The molecule has 0 radical (unpaired) electrons. The van der Waals surface area contributed by atoms with Gasteiger partial charge in [-0.25, -0.2) is 0 Å². The van der Waals surface area contributed by atoms with E-state index in [9.17, 15) is 14.4 Å². The fraction of sp³-hybridized carbons (Fsp3) is 0.667. The van der Waals surface area contributed by atoms with Crippen molar-refractivity contribution in [1.29, 1.82) is 0 Å². The van der Waals surface area contributed by atoms with E-state index in [1.807, 2.05) is 0 Å². The van der Waals surface area contributed by atoms with Crippen molar-refractivity contribution in [2.45, 2.75) is 32.1 Å². The van der Waals surface area contributed by atoms with Crippen LogP contribution in [0.3, 0.4) is 0 Å². The van der Waals surface area contributed by atoms with Gasteiger partial charge in [0.25, 0.3) is 0 Å². The maximum atomic E-state index is 12.6. The van der Waals surface area contributed by atoms with E-state index in [0.29, 0.717) is 19.3 Å². The number of methoxy groups -OCH3 is 1. The first-order chi connectivity index (χ1) is 9.06. The molecule has 102 valence electrons. The lowest BCUT2D eigenvalue weighted by Crippen LogP contribution is -2.52. The number of esters is 1. The van der Waals surface area contributed by atoms with Crippen molar-refractivity contribution in [3.05, 3.63) is 12.7 Å². The van der Waals surface area contributed by atoms with E-state index >= 15 is 0 Å². The Morgan fingerprint density at radius 2 is 2.16 bits per heavy atom. The first-order valence-electron chi connectivity index (χ1n) is 6.82. The van der Waals surface area contributed by atoms with Gasteiger partial charge in [-0.05, 0) is 25.7 Å². The fourth-order valence-electron chi connectivity index (χ4n) is 4.67. The third-order valence-electron chi connectivity index (χ3n) is 5.46. The van der Waals surface area contributed by atoms with Crippen LogP contribution in [-0.2, 0) is 19.1 Å². The molecular weight excluding hydrogens is 244 g/mol. The van der Waals surface area contributed by atoms with Crippen LogP contribution in [0.4, 0.5) is 0 Å². The lowest BCUT2D eigenvalue weighted by atomic mass is 9.60. The van der Waals surface area contributed by atoms with Crippen LogP contribution in [0.25, 0.3) is 0 Å². The number of Topliss-reactive ketones (excluding diaryl/α,β-unsaturated/α-hetero) is 2. The molecule has 1 spiro atoms. The molecule has 0 saturated heterocycles. The van der Waals surface area contributed by atoms with Crippen molar-refractivity contribution < 1.29 is 19.1 Å². The zero-order chi connectivity index (χ0) is 13.8. The van der Waals surface area contributed by atoms with Crippen LogP contribution in [0.2, 0.25) is 0 Å². The SMILES string of the molecule is C=CC[C@@H]1C(=O)[C@@H]2CCC(=O)[C@@]1(C(=O)OC)C21CC1. The molecule has 3 atom stereocenters. The highest BCUT2D eigenvalue weighted by Crippen LogP contribution is 2.75. The minimum absolute atomic E-state index is 0.0775. The van der Waals surface area contributed by atoms with Gasteiger partial charge in [0.1, 0.15) is 11.2 Å². The molecular formula is C15H18O4. The van der Waals surface area contributed by atoms with E-state index in [1.54, 1.807) is 6.08 Å². The predicted molar refractivity (Wildman–Crippen MR) is 67.2 cm³/mol. The molecule has 0 N–H and O–H groups in total. The third kappa shape index (κ3) is 1.18. The summed E-state index contributed by atoms with van der Waals surface area (Å²) in [6.07, 6.45) is 4.52. The normalized spacial score (nSPS) is 38.4. The van der Waals surface area contributed by atoms with E-state index in [0.717, 1.165) is 12.8 Å². The molecule has 3 rings (SSSR count). The largest absolute Gasteiger partial charge is 0.468 e. The summed E-state index contributed by atoms with van der Waals surface area (Å²) in [6.45, 7) is 3.67. The second-order valence-corrected chi connectivity index (χ2v) is 5.95. The molecule has 0 amide bonds. The lowest BCUT2D eigenvalue weighted by molar-refractivity contribution is -0.168. The summed E-state index contributed by atoms with van der Waals surface area (Å²) >= 11 is 0. The third-order valence-corrected chi connectivity index (χ3v) is 5.46. The maximum absolute atomic E-state index is 12.6. The molecule has 4 nitrogen and oxygen atoms in total. The smallest absolute Gasteiger partial charge is 0.320 e. The standard InChI is InChI=1S/C15H18O4/c1-3-4-10-12(17)9-5-6-11(16)15(10,13(18)19-2)14(9)7-8-14/h3,9-10H,1,4-8H2,2H3/t9-,10+,15-/m0/s1. The molecule has 0 aliphatic heterocycles. The van der Waals surface area contributed by atoms with Crippen molar-refractivity contribution in [2.75, 3.05) is 7.11 Å². The quantitative estimate of drug-likeness (QED) is 0.441. The van der Waals surface area contributed by atoms with Crippen molar-refractivity contribution in [2.24, 2.45) is 22.7 Å². The Kier molecular flexibility index (Phi) is 2.50. The van der Waals surface area contributed by atoms with E-state index in [1.165, 1.54) is 7.11 Å². The van der Waals surface area contributed by atoms with Gasteiger partial charge in [0.2, 0.25) is 0 Å². The number of carbonyl (C=O) groups excluding carboxylic acids is 3. The Hall–Kier alpha value is -1.45. The summed E-state index contributed by atoms with van der Waals surface area (Å²) < 4.78 is 4.94. The van der Waals surface area contributed by atoms with Gasteiger partial charge in [-0.1, -0.05) is 6.08 Å². The number of rotatable bonds is 3. The van der Waals surface area contributed by atoms with Gasteiger partial charge in [0.05, 0.1) is 7.11 Å². The Balaban J connectivity index is 2.20. The zero-order valence-electron chi connectivity index (χ0n) is 11.1. The van der Waals surface area contributed by atoms with Gasteiger partial charge < -0.3 is 4.74 Å². The first-order valence-corrected chi connectivity index (χ1v) is 6.82. The summed E-state index contributed by atoms with van der Waals surface area (Å²) in [5.74, 6) is -1.20. The maximum Gasteiger partial charge on any atom is 0.320 e. The van der Waals surface area contributed by atoms with Gasteiger partial charge in [0.15, 0.2) is 5.78 Å². The topological polar surface area (TPSA) is 60.4 Å². The molecule has 19 heavy (non-hydrogen) atoms. The molecule has 0 heterocycles. The second-order valence-electron chi connectivity index (χ2n) is 5.95. The van der Waals surface area contributed by atoms with Gasteiger partial charge in [-0.2, -0.15) is 0 Å². The highest BCUT2D eigenvalue weighted by atomic mass is 16.5. The van der Waals surface area contributed by atoms with Crippen molar-refractivity contribution in [3.8, 4) is 0 Å². The zero-order valence-corrected chi connectivity index (χ0v) is 11.1. The molecule has 0 aromatic rings. The van der Waals surface area contributed by atoms with Crippen molar-refractivity contribution in [1.82, 2.24) is 0 Å². The molecule has 3 aliphatic rings. The Labute approximate surface area is 112 Å². The van der Waals surface area contributed by atoms with Gasteiger partial charge in [-0.3, -0.25) is 14.4 Å². The van der Waals surface area contributed by atoms with Gasteiger partial charge in [-0.15, -0.1) is 6.58 Å². The molecule has 2 bridgehead atoms. The average Bonchev–Trinajstić information content (AvgIpc) is 3.15. The summed E-state index contributed by atoms with van der Waals surface area (Å²) in [7, 11) is 1.30. The number of ether oxygens (including phenoxy) is 1. The molecule has 3 saturated carbocycles. The Morgan fingerprint density at radius 1 is 1.47 bits per heavy atom. The van der Waals surface area contributed by atoms with Gasteiger partial charge >= 0.3 is 5.97 Å².